The summed E-state index contributed by atoms with van der Waals surface area (Å²) in [4.78, 5) is 40.9. The molecule has 1 saturated heterocycles. The van der Waals surface area contributed by atoms with Crippen molar-refractivity contribution in [3.63, 3.8) is 0 Å². The van der Waals surface area contributed by atoms with Crippen molar-refractivity contribution in [1.82, 2.24) is 24.7 Å². The summed E-state index contributed by atoms with van der Waals surface area (Å²) < 4.78 is 1.40. The molecule has 3 aromatic rings. The molecule has 0 radical (unpaired) electrons. The standard InChI is InChI=1S/C18H18N6O2S/c25-15(13-9-20-18-24(16(13)26)7-8-27-18)21-12-4-6-23(10-12)17-19-5-3-14(22-17)11-1-2-11/h3,5,7-9,11-12H,1-2,4,6,10H2,(H,21,25). The SMILES string of the molecule is O=C(NC1CCN(c2nccc(C3CC3)n2)C1)c1cnc2sccn2c1=O. The Morgan fingerprint density at radius 1 is 1.26 bits per heavy atom. The van der Waals surface area contributed by atoms with Crippen LogP contribution in [0, 0.1) is 0 Å². The number of hydrogen-bond donors (Lipinski definition) is 1. The quantitative estimate of drug-likeness (QED) is 0.734. The highest BCUT2D eigenvalue weighted by Gasteiger charge is 2.29. The summed E-state index contributed by atoms with van der Waals surface area (Å²) in [5.74, 6) is 0.919. The zero-order chi connectivity index (χ0) is 18.4. The minimum absolute atomic E-state index is 0.0479. The third-order valence-electron chi connectivity index (χ3n) is 5.05. The van der Waals surface area contributed by atoms with Gasteiger partial charge in [-0.1, -0.05) is 0 Å². The van der Waals surface area contributed by atoms with Crippen LogP contribution in [0.2, 0.25) is 0 Å². The number of carbonyl (C=O) groups excluding carboxylic acids is 1. The predicted molar refractivity (Wildman–Crippen MR) is 101 cm³/mol. The molecule has 138 valence electrons. The fraction of sp³-hybridized carbons (Fsp3) is 0.389. The molecule has 1 unspecified atom stereocenters. The molecule has 27 heavy (non-hydrogen) atoms. The zero-order valence-electron chi connectivity index (χ0n) is 14.5. The lowest BCUT2D eigenvalue weighted by molar-refractivity contribution is 0.0938. The molecule has 0 spiro atoms. The van der Waals surface area contributed by atoms with Crippen molar-refractivity contribution in [3.05, 3.63) is 51.6 Å². The van der Waals surface area contributed by atoms with Gasteiger partial charge >= 0.3 is 0 Å². The zero-order valence-corrected chi connectivity index (χ0v) is 15.4. The van der Waals surface area contributed by atoms with E-state index in [1.54, 1.807) is 11.6 Å². The molecule has 9 heteroatoms. The molecular weight excluding hydrogens is 364 g/mol. The van der Waals surface area contributed by atoms with E-state index in [0.717, 1.165) is 24.6 Å². The van der Waals surface area contributed by atoms with Gasteiger partial charge in [-0.2, -0.15) is 0 Å². The number of aromatic nitrogens is 4. The Kier molecular flexibility index (Phi) is 3.89. The number of carbonyl (C=O) groups is 1. The van der Waals surface area contributed by atoms with E-state index in [4.69, 9.17) is 0 Å². The molecular formula is C18H18N6O2S. The van der Waals surface area contributed by atoms with E-state index in [1.165, 1.54) is 34.8 Å². The highest BCUT2D eigenvalue weighted by molar-refractivity contribution is 7.15. The van der Waals surface area contributed by atoms with E-state index in [9.17, 15) is 9.59 Å². The van der Waals surface area contributed by atoms with Gasteiger partial charge in [-0.15, -0.1) is 11.3 Å². The van der Waals surface area contributed by atoms with Crippen LogP contribution >= 0.6 is 11.3 Å². The Bertz CT molecular complexity index is 1070. The second kappa shape index (κ2) is 6.41. The lowest BCUT2D eigenvalue weighted by Gasteiger charge is -2.17. The number of hydrogen-bond acceptors (Lipinski definition) is 7. The summed E-state index contributed by atoms with van der Waals surface area (Å²) in [6.45, 7) is 1.41. The van der Waals surface area contributed by atoms with Crippen LogP contribution in [0.1, 0.15) is 41.2 Å². The number of nitrogens with zero attached hydrogens (tertiary/aromatic N) is 5. The van der Waals surface area contributed by atoms with Crippen molar-refractivity contribution in [2.75, 3.05) is 18.0 Å². The summed E-state index contributed by atoms with van der Waals surface area (Å²) in [7, 11) is 0. The van der Waals surface area contributed by atoms with Crippen molar-refractivity contribution in [2.45, 2.75) is 31.2 Å². The summed E-state index contributed by atoms with van der Waals surface area (Å²) in [5.41, 5.74) is 0.834. The van der Waals surface area contributed by atoms with Crippen LogP contribution in [0.5, 0.6) is 0 Å². The fourth-order valence-corrected chi connectivity index (χ4v) is 4.10. The topological polar surface area (TPSA) is 92.5 Å². The Hall–Kier alpha value is -2.81. The molecule has 8 nitrogen and oxygen atoms in total. The minimum Gasteiger partial charge on any atom is -0.347 e. The Morgan fingerprint density at radius 3 is 3.00 bits per heavy atom. The molecule has 2 fully saturated rings. The second-order valence-electron chi connectivity index (χ2n) is 6.99. The van der Waals surface area contributed by atoms with Gasteiger partial charge in [0.05, 0.1) is 0 Å². The Labute approximate surface area is 158 Å². The maximum Gasteiger partial charge on any atom is 0.271 e. The second-order valence-corrected chi connectivity index (χ2v) is 7.87. The van der Waals surface area contributed by atoms with Crippen LogP contribution < -0.4 is 15.8 Å². The first-order chi connectivity index (χ1) is 13.2. The van der Waals surface area contributed by atoms with Gasteiger partial charge in [-0.05, 0) is 25.3 Å². The van der Waals surface area contributed by atoms with E-state index >= 15 is 0 Å². The van der Waals surface area contributed by atoms with Gasteiger partial charge in [0.2, 0.25) is 5.95 Å². The van der Waals surface area contributed by atoms with Gasteiger partial charge in [-0.25, -0.2) is 15.0 Å². The predicted octanol–water partition coefficient (Wildman–Crippen LogP) is 1.43. The van der Waals surface area contributed by atoms with E-state index in [0.29, 0.717) is 17.4 Å². The van der Waals surface area contributed by atoms with Crippen LogP contribution in [0.15, 0.2) is 34.8 Å². The lowest BCUT2D eigenvalue weighted by atomic mass is 10.2. The van der Waals surface area contributed by atoms with Crippen LogP contribution in [0.4, 0.5) is 5.95 Å². The van der Waals surface area contributed by atoms with Crippen molar-refractivity contribution in [2.24, 2.45) is 0 Å². The Morgan fingerprint density at radius 2 is 2.15 bits per heavy atom. The van der Waals surface area contributed by atoms with Crippen LogP contribution in [-0.4, -0.2) is 44.4 Å². The van der Waals surface area contributed by atoms with E-state index < -0.39 is 0 Å². The van der Waals surface area contributed by atoms with Gasteiger partial charge in [0, 0.05) is 54.7 Å². The highest BCUT2D eigenvalue weighted by Crippen LogP contribution is 2.39. The summed E-state index contributed by atoms with van der Waals surface area (Å²) in [5, 5.41) is 4.73. The van der Waals surface area contributed by atoms with Crippen molar-refractivity contribution < 1.29 is 4.79 Å². The highest BCUT2D eigenvalue weighted by atomic mass is 32.1. The summed E-state index contributed by atoms with van der Waals surface area (Å²) >= 11 is 1.36. The van der Waals surface area contributed by atoms with Crippen molar-refractivity contribution >= 4 is 28.2 Å². The lowest BCUT2D eigenvalue weighted by Crippen LogP contribution is -2.40. The molecule has 0 bridgehead atoms. The number of rotatable bonds is 4. The molecule has 3 aromatic heterocycles. The molecule has 4 heterocycles. The minimum atomic E-state index is -0.382. The number of anilines is 1. The summed E-state index contributed by atoms with van der Waals surface area (Å²) in [6.07, 6.45) is 8.00. The van der Waals surface area contributed by atoms with E-state index in [-0.39, 0.29) is 23.1 Å². The number of thiazole rings is 1. The first-order valence-electron chi connectivity index (χ1n) is 9.02. The summed E-state index contributed by atoms with van der Waals surface area (Å²) in [6, 6.07) is 1.94. The molecule has 2 aliphatic rings. The third kappa shape index (κ3) is 3.08. The maximum atomic E-state index is 12.6. The van der Waals surface area contributed by atoms with Crippen LogP contribution in [0.25, 0.3) is 4.96 Å². The van der Waals surface area contributed by atoms with Gasteiger partial charge in [0.25, 0.3) is 11.5 Å². The largest absolute Gasteiger partial charge is 0.347 e. The fourth-order valence-electron chi connectivity index (χ4n) is 3.42. The van der Waals surface area contributed by atoms with E-state index in [1.807, 2.05) is 12.3 Å². The molecule has 1 atom stereocenters. The molecule has 0 aromatic carbocycles. The third-order valence-corrected chi connectivity index (χ3v) is 5.82. The molecule has 1 N–H and O–H groups in total. The van der Waals surface area contributed by atoms with Crippen LogP contribution in [0.3, 0.4) is 0 Å². The number of nitrogens with one attached hydrogen (secondary N) is 1. The number of amides is 1. The van der Waals surface area contributed by atoms with Gasteiger partial charge in [0.15, 0.2) is 4.96 Å². The molecule has 1 saturated carbocycles. The molecule has 1 aliphatic heterocycles. The van der Waals surface area contributed by atoms with Gasteiger partial charge in [-0.3, -0.25) is 14.0 Å². The monoisotopic (exact) mass is 382 g/mol. The maximum absolute atomic E-state index is 12.6. The average molecular weight is 382 g/mol. The Balaban J connectivity index is 1.29. The van der Waals surface area contributed by atoms with Crippen molar-refractivity contribution in [3.8, 4) is 0 Å². The van der Waals surface area contributed by atoms with Crippen molar-refractivity contribution in [1.29, 1.82) is 0 Å². The number of fused-ring (bicyclic) bond motifs is 1. The molecule has 1 amide bonds. The van der Waals surface area contributed by atoms with Gasteiger partial charge < -0.3 is 10.2 Å². The smallest absolute Gasteiger partial charge is 0.271 e. The molecule has 5 rings (SSSR count). The van der Waals surface area contributed by atoms with Gasteiger partial charge in [0.1, 0.15) is 5.56 Å². The first kappa shape index (κ1) is 16.4. The molecule has 1 aliphatic carbocycles. The van der Waals surface area contributed by atoms with Crippen LogP contribution in [-0.2, 0) is 0 Å². The average Bonchev–Trinajstić information content (AvgIpc) is 3.23. The first-order valence-corrected chi connectivity index (χ1v) is 9.90. The van der Waals surface area contributed by atoms with E-state index in [2.05, 4.69) is 25.2 Å². The normalized spacial score (nSPS) is 19.6.